The minimum atomic E-state index is -2.79. The lowest BCUT2D eigenvalue weighted by atomic mass is 10.1. The first kappa shape index (κ1) is 34.1. The second kappa shape index (κ2) is 14.3. The summed E-state index contributed by atoms with van der Waals surface area (Å²) < 4.78 is 2.40. The minimum Gasteiger partial charge on any atom is -0.311 e. The van der Waals surface area contributed by atoms with E-state index in [-0.39, 0.29) is 0 Å². The number of nitrogens with zero attached hydrogens (tertiary/aromatic N) is 3. The second-order valence-corrected chi connectivity index (χ2v) is 18.3. The fourth-order valence-corrected chi connectivity index (χ4v) is 13.5. The van der Waals surface area contributed by atoms with E-state index in [1.54, 1.807) is 0 Å². The second-order valence-electron chi connectivity index (χ2n) is 14.4. The number of aromatic nitrogens is 1. The molecule has 0 aliphatic rings. The number of rotatable bonds is 8. The molecule has 0 aliphatic carbocycles. The predicted octanol–water partition coefficient (Wildman–Crippen LogP) is 11.3. The van der Waals surface area contributed by atoms with Crippen LogP contribution in [0.5, 0.6) is 0 Å². The lowest BCUT2D eigenvalue weighted by Crippen LogP contribution is -2.74. The average molecular weight is 744 g/mol. The van der Waals surface area contributed by atoms with Crippen LogP contribution in [0.1, 0.15) is 0 Å². The maximum absolute atomic E-state index is 7.62. The van der Waals surface area contributed by atoms with E-state index in [9.17, 15) is 0 Å². The van der Waals surface area contributed by atoms with Gasteiger partial charge < -0.3 is 9.47 Å². The molecule has 0 amide bonds. The number of benzene rings is 9. The largest absolute Gasteiger partial charge is 0.311 e. The zero-order valence-corrected chi connectivity index (χ0v) is 32.2. The Labute approximate surface area is 333 Å². The molecule has 0 fully saturated rings. The highest BCUT2D eigenvalue weighted by atomic mass is 28.3. The van der Waals surface area contributed by atoms with E-state index in [1.165, 1.54) is 42.3 Å². The standard InChI is InChI=1S/C53H37N3Si/c1-54-41-27-30-43(31-28-41)55(44-29-26-39-16-14-15-17-40(39)36-44)45-32-34-52-50(37-45)51-38-49(33-35-53(51)56(52)42-18-6-2-7-19-42)57(46-20-8-3-9-21-46,47-22-10-4-11-23-47)48-24-12-5-13-25-48/h2-38H. The van der Waals surface area contributed by atoms with Crippen LogP contribution in [-0.2, 0) is 0 Å². The SMILES string of the molecule is [C-]#[N+]c1ccc(N(c2ccc3ccccc3c2)c2ccc3c(c2)c2cc([Si](c4ccccc4)(c4ccccc4)c4ccccc4)ccc2n3-c2ccccc2)cc1. The molecule has 0 saturated heterocycles. The van der Waals surface area contributed by atoms with Gasteiger partial charge in [-0.1, -0.05) is 164 Å². The molecule has 10 rings (SSSR count). The van der Waals surface area contributed by atoms with Crippen molar-refractivity contribution >= 4 is 84.1 Å². The van der Waals surface area contributed by atoms with Crippen molar-refractivity contribution < 1.29 is 0 Å². The summed E-state index contributed by atoms with van der Waals surface area (Å²) in [5.41, 5.74) is 7.14. The molecule has 0 atom stereocenters. The summed E-state index contributed by atoms with van der Waals surface area (Å²) in [5, 5.41) is 10.1. The monoisotopic (exact) mass is 743 g/mol. The Balaban J connectivity index is 1.28. The van der Waals surface area contributed by atoms with Gasteiger partial charge in [0, 0.05) is 33.5 Å². The summed E-state index contributed by atoms with van der Waals surface area (Å²) in [7, 11) is -2.79. The number of hydrogen-bond acceptors (Lipinski definition) is 1. The van der Waals surface area contributed by atoms with Crippen LogP contribution in [0.2, 0.25) is 0 Å². The third-order valence-corrected chi connectivity index (χ3v) is 16.1. The summed E-state index contributed by atoms with van der Waals surface area (Å²) in [6, 6.07) is 81.2. The average Bonchev–Trinajstić information content (AvgIpc) is 3.61. The van der Waals surface area contributed by atoms with Crippen LogP contribution in [-0.4, -0.2) is 12.6 Å². The molecule has 0 aliphatic heterocycles. The van der Waals surface area contributed by atoms with Crippen LogP contribution < -0.4 is 25.6 Å². The summed E-state index contributed by atoms with van der Waals surface area (Å²) in [6.07, 6.45) is 0. The smallest absolute Gasteiger partial charge is 0.187 e. The maximum Gasteiger partial charge on any atom is 0.187 e. The molecule has 4 heteroatoms. The molecule has 0 N–H and O–H groups in total. The third kappa shape index (κ3) is 5.81. The topological polar surface area (TPSA) is 12.5 Å². The summed E-state index contributed by atoms with van der Waals surface area (Å²) in [4.78, 5) is 6.00. The van der Waals surface area contributed by atoms with E-state index in [4.69, 9.17) is 6.57 Å². The molecule has 9 aromatic carbocycles. The molecule has 0 spiro atoms. The van der Waals surface area contributed by atoms with Gasteiger partial charge in [-0.05, 0) is 92.2 Å². The molecule has 0 bridgehead atoms. The zero-order valence-electron chi connectivity index (χ0n) is 31.2. The Kier molecular flexibility index (Phi) is 8.56. The van der Waals surface area contributed by atoms with Crippen molar-refractivity contribution in [3.05, 3.63) is 236 Å². The zero-order chi connectivity index (χ0) is 38.2. The first-order chi connectivity index (χ1) is 28.2. The van der Waals surface area contributed by atoms with Gasteiger partial charge in [-0.3, -0.25) is 0 Å². The van der Waals surface area contributed by atoms with Gasteiger partial charge in [0.2, 0.25) is 0 Å². The molecule has 0 unspecified atom stereocenters. The Morgan fingerprint density at radius 2 is 0.860 bits per heavy atom. The van der Waals surface area contributed by atoms with Crippen LogP contribution >= 0.6 is 0 Å². The molecular formula is C53H37N3Si. The van der Waals surface area contributed by atoms with Crippen LogP contribution in [0.25, 0.3) is 43.1 Å². The third-order valence-electron chi connectivity index (χ3n) is 11.3. The van der Waals surface area contributed by atoms with Crippen LogP contribution in [0, 0.1) is 6.57 Å². The Hall–Kier alpha value is -7.45. The van der Waals surface area contributed by atoms with E-state index >= 15 is 0 Å². The van der Waals surface area contributed by atoms with E-state index in [1.807, 2.05) is 12.1 Å². The normalized spacial score (nSPS) is 11.5. The van der Waals surface area contributed by atoms with Crippen LogP contribution in [0.15, 0.2) is 224 Å². The molecule has 57 heavy (non-hydrogen) atoms. The quantitative estimate of drug-likeness (QED) is 0.0858. The molecule has 10 aromatic rings. The predicted molar refractivity (Wildman–Crippen MR) is 243 cm³/mol. The van der Waals surface area contributed by atoms with Gasteiger partial charge in [-0.25, -0.2) is 4.85 Å². The molecule has 0 saturated carbocycles. The molecule has 3 nitrogen and oxygen atoms in total. The number of para-hydroxylation sites is 1. The Morgan fingerprint density at radius 1 is 0.386 bits per heavy atom. The van der Waals surface area contributed by atoms with Crippen molar-refractivity contribution in [2.45, 2.75) is 0 Å². The maximum atomic E-state index is 7.62. The van der Waals surface area contributed by atoms with Crippen LogP contribution in [0.3, 0.4) is 0 Å². The van der Waals surface area contributed by atoms with E-state index < -0.39 is 8.07 Å². The van der Waals surface area contributed by atoms with Gasteiger partial charge >= 0.3 is 0 Å². The van der Waals surface area contributed by atoms with E-state index in [2.05, 4.69) is 227 Å². The van der Waals surface area contributed by atoms with Crippen LogP contribution in [0.4, 0.5) is 22.7 Å². The summed E-state index contributed by atoms with van der Waals surface area (Å²) in [6.45, 7) is 7.62. The van der Waals surface area contributed by atoms with Crippen molar-refractivity contribution in [3.63, 3.8) is 0 Å². The van der Waals surface area contributed by atoms with Gasteiger partial charge in [-0.15, -0.1) is 0 Å². The number of fused-ring (bicyclic) bond motifs is 4. The fraction of sp³-hybridized carbons (Fsp3) is 0. The first-order valence-corrected chi connectivity index (χ1v) is 21.3. The highest BCUT2D eigenvalue weighted by molar-refractivity contribution is 7.20. The Morgan fingerprint density at radius 3 is 1.46 bits per heavy atom. The fourth-order valence-electron chi connectivity index (χ4n) is 8.74. The molecule has 0 radical (unpaired) electrons. The number of anilines is 3. The lowest BCUT2D eigenvalue weighted by Gasteiger charge is -2.34. The first-order valence-electron chi connectivity index (χ1n) is 19.3. The highest BCUT2D eigenvalue weighted by Crippen LogP contribution is 2.41. The van der Waals surface area contributed by atoms with Crippen molar-refractivity contribution in [2.75, 3.05) is 4.90 Å². The van der Waals surface area contributed by atoms with Gasteiger partial charge in [0.1, 0.15) is 0 Å². The van der Waals surface area contributed by atoms with Crippen molar-refractivity contribution in [2.24, 2.45) is 0 Å². The summed E-state index contributed by atoms with van der Waals surface area (Å²) in [5.74, 6) is 0. The molecule has 268 valence electrons. The van der Waals surface area contributed by atoms with Crippen molar-refractivity contribution in [1.82, 2.24) is 4.57 Å². The molecule has 1 aromatic heterocycles. The molecular weight excluding hydrogens is 707 g/mol. The number of hydrogen-bond donors (Lipinski definition) is 0. The lowest BCUT2D eigenvalue weighted by molar-refractivity contribution is 1.18. The van der Waals surface area contributed by atoms with E-state index in [0.29, 0.717) is 5.69 Å². The van der Waals surface area contributed by atoms with E-state index in [0.717, 1.165) is 33.8 Å². The van der Waals surface area contributed by atoms with Gasteiger partial charge in [0.25, 0.3) is 0 Å². The van der Waals surface area contributed by atoms with Gasteiger partial charge in [0.05, 0.1) is 17.6 Å². The molecule has 1 heterocycles. The van der Waals surface area contributed by atoms with Crippen molar-refractivity contribution in [3.8, 4) is 5.69 Å². The minimum absolute atomic E-state index is 0.619. The van der Waals surface area contributed by atoms with Gasteiger partial charge in [0.15, 0.2) is 13.8 Å². The summed E-state index contributed by atoms with van der Waals surface area (Å²) >= 11 is 0. The highest BCUT2D eigenvalue weighted by Gasteiger charge is 2.41. The van der Waals surface area contributed by atoms with Crippen molar-refractivity contribution in [1.29, 1.82) is 0 Å². The van der Waals surface area contributed by atoms with Gasteiger partial charge in [-0.2, -0.15) is 0 Å². The Bertz CT molecular complexity index is 2960.